The third-order valence-corrected chi connectivity index (χ3v) is 5.37. The molecule has 0 radical (unpaired) electrons. The van der Waals surface area contributed by atoms with Gasteiger partial charge in [-0.25, -0.2) is 0 Å². The van der Waals surface area contributed by atoms with Gasteiger partial charge in [0.05, 0.1) is 6.54 Å². The van der Waals surface area contributed by atoms with Crippen molar-refractivity contribution < 1.29 is 9.59 Å². The molecule has 1 heterocycles. The van der Waals surface area contributed by atoms with Gasteiger partial charge in [-0.1, -0.05) is 20.3 Å². The number of hydrogen-bond donors (Lipinski definition) is 0. The smallest absolute Gasteiger partial charge is 0.242 e. The van der Waals surface area contributed by atoms with E-state index in [2.05, 4.69) is 24.5 Å². The predicted molar refractivity (Wildman–Crippen MR) is 97.7 cm³/mol. The van der Waals surface area contributed by atoms with E-state index >= 15 is 0 Å². The molecule has 1 aromatic rings. The van der Waals surface area contributed by atoms with Crippen molar-refractivity contribution in [2.75, 3.05) is 13.1 Å². The molecule has 25 heavy (non-hydrogen) atoms. The van der Waals surface area contributed by atoms with Crippen molar-refractivity contribution >= 4 is 11.8 Å². The molecule has 5 nitrogen and oxygen atoms in total. The molecule has 2 fully saturated rings. The zero-order valence-electron chi connectivity index (χ0n) is 15.8. The fourth-order valence-corrected chi connectivity index (χ4v) is 3.46. The first-order chi connectivity index (χ1) is 12.0. The average Bonchev–Trinajstić information content (AvgIpc) is 3.25. The van der Waals surface area contributed by atoms with Crippen molar-refractivity contribution in [2.45, 2.75) is 58.5 Å². The number of amides is 2. The van der Waals surface area contributed by atoms with Crippen LogP contribution in [0.4, 0.5) is 0 Å². The molecule has 0 N–H and O–H groups in total. The molecule has 2 aliphatic carbocycles. The third-order valence-electron chi connectivity index (χ3n) is 5.37. The Morgan fingerprint density at radius 1 is 1.24 bits per heavy atom. The zero-order chi connectivity index (χ0) is 18.0. The number of aromatic nitrogens is 1. The van der Waals surface area contributed by atoms with Gasteiger partial charge in [-0.3, -0.25) is 9.59 Å². The molecule has 2 amide bonds. The first-order valence-corrected chi connectivity index (χ1v) is 9.64. The van der Waals surface area contributed by atoms with Crippen LogP contribution in [-0.4, -0.2) is 45.3 Å². The minimum atomic E-state index is 0.0782. The molecular weight excluding hydrogens is 314 g/mol. The lowest BCUT2D eigenvalue weighted by atomic mass is 9.84. The third kappa shape index (κ3) is 4.44. The summed E-state index contributed by atoms with van der Waals surface area (Å²) >= 11 is 0. The summed E-state index contributed by atoms with van der Waals surface area (Å²) in [5.74, 6) is 0.862. The molecule has 0 bridgehead atoms. The Morgan fingerprint density at radius 2 is 1.96 bits per heavy atom. The van der Waals surface area contributed by atoms with Gasteiger partial charge < -0.3 is 14.4 Å². The maximum atomic E-state index is 13.0. The van der Waals surface area contributed by atoms with Gasteiger partial charge in [0.2, 0.25) is 11.8 Å². The Hall–Kier alpha value is -1.78. The quantitative estimate of drug-likeness (QED) is 0.727. The summed E-state index contributed by atoms with van der Waals surface area (Å²) in [7, 11) is 2.00. The SMILES string of the molecule is CC(C)CN(Cc1cccn1C)C(=O)CN(C(=O)C1CCC1)C1CC1. The zero-order valence-corrected chi connectivity index (χ0v) is 15.8. The van der Waals surface area contributed by atoms with Crippen molar-refractivity contribution in [1.29, 1.82) is 0 Å². The summed E-state index contributed by atoms with van der Waals surface area (Å²) < 4.78 is 2.05. The van der Waals surface area contributed by atoms with Gasteiger partial charge in [0.25, 0.3) is 0 Å². The number of carbonyl (C=O) groups is 2. The lowest BCUT2D eigenvalue weighted by Crippen LogP contribution is -2.47. The molecule has 0 atom stereocenters. The summed E-state index contributed by atoms with van der Waals surface area (Å²) in [6, 6.07) is 4.36. The Labute approximate surface area is 151 Å². The van der Waals surface area contributed by atoms with E-state index in [-0.39, 0.29) is 24.3 Å². The van der Waals surface area contributed by atoms with Gasteiger partial charge in [0.15, 0.2) is 0 Å². The number of aryl methyl sites for hydroxylation is 1. The fourth-order valence-electron chi connectivity index (χ4n) is 3.46. The fraction of sp³-hybridized carbons (Fsp3) is 0.700. The van der Waals surface area contributed by atoms with Crippen LogP contribution in [0.1, 0.15) is 51.6 Å². The van der Waals surface area contributed by atoms with Gasteiger partial charge in [-0.15, -0.1) is 0 Å². The molecule has 138 valence electrons. The molecule has 0 saturated heterocycles. The molecule has 3 rings (SSSR count). The molecule has 5 heteroatoms. The normalized spacial score (nSPS) is 17.4. The highest BCUT2D eigenvalue weighted by molar-refractivity contribution is 5.86. The number of carbonyl (C=O) groups excluding carboxylic acids is 2. The second-order valence-electron chi connectivity index (χ2n) is 8.10. The second kappa shape index (κ2) is 7.63. The number of rotatable bonds is 8. The molecule has 1 aromatic heterocycles. The van der Waals surface area contributed by atoms with Crippen molar-refractivity contribution in [1.82, 2.24) is 14.4 Å². The monoisotopic (exact) mass is 345 g/mol. The van der Waals surface area contributed by atoms with Gasteiger partial charge in [0, 0.05) is 37.4 Å². The first kappa shape index (κ1) is 18.0. The van der Waals surface area contributed by atoms with Crippen LogP contribution in [0.15, 0.2) is 18.3 Å². The Balaban J connectivity index is 1.67. The summed E-state index contributed by atoms with van der Waals surface area (Å²) in [5.41, 5.74) is 1.12. The van der Waals surface area contributed by atoms with E-state index in [1.807, 2.05) is 29.1 Å². The van der Waals surface area contributed by atoms with E-state index in [0.717, 1.165) is 44.3 Å². The maximum Gasteiger partial charge on any atom is 0.242 e. The largest absolute Gasteiger partial charge is 0.353 e. The van der Waals surface area contributed by atoms with Gasteiger partial charge in [-0.2, -0.15) is 0 Å². The molecule has 0 spiro atoms. The Kier molecular flexibility index (Phi) is 5.50. The summed E-state index contributed by atoms with van der Waals surface area (Å²) in [6.45, 7) is 5.83. The van der Waals surface area contributed by atoms with Crippen molar-refractivity contribution in [3.8, 4) is 0 Å². The van der Waals surface area contributed by atoms with Crippen LogP contribution in [0.2, 0.25) is 0 Å². The minimum Gasteiger partial charge on any atom is -0.353 e. The van der Waals surface area contributed by atoms with Crippen LogP contribution in [-0.2, 0) is 23.2 Å². The molecular formula is C20H31N3O2. The van der Waals surface area contributed by atoms with Crippen molar-refractivity contribution in [3.63, 3.8) is 0 Å². The Morgan fingerprint density at radius 3 is 2.44 bits per heavy atom. The van der Waals surface area contributed by atoms with E-state index in [4.69, 9.17) is 0 Å². The second-order valence-corrected chi connectivity index (χ2v) is 8.10. The maximum absolute atomic E-state index is 13.0. The lowest BCUT2D eigenvalue weighted by Gasteiger charge is -2.33. The number of hydrogen-bond acceptors (Lipinski definition) is 2. The van der Waals surface area contributed by atoms with Gasteiger partial charge in [-0.05, 0) is 43.7 Å². The number of nitrogens with zero attached hydrogens (tertiary/aromatic N) is 3. The highest BCUT2D eigenvalue weighted by Crippen LogP contribution is 2.34. The van der Waals surface area contributed by atoms with Crippen LogP contribution < -0.4 is 0 Å². The Bertz CT molecular complexity index is 614. The summed E-state index contributed by atoms with van der Waals surface area (Å²) in [5, 5.41) is 0. The van der Waals surface area contributed by atoms with Crippen LogP contribution in [0, 0.1) is 11.8 Å². The molecule has 0 unspecified atom stereocenters. The lowest BCUT2D eigenvalue weighted by molar-refractivity contribution is -0.145. The van der Waals surface area contributed by atoms with E-state index in [1.54, 1.807) is 0 Å². The van der Waals surface area contributed by atoms with Crippen molar-refractivity contribution in [3.05, 3.63) is 24.0 Å². The summed E-state index contributed by atoms with van der Waals surface area (Å²) in [4.78, 5) is 29.5. The first-order valence-electron chi connectivity index (χ1n) is 9.64. The minimum absolute atomic E-state index is 0.0782. The van der Waals surface area contributed by atoms with E-state index in [9.17, 15) is 9.59 Å². The molecule has 2 aliphatic rings. The topological polar surface area (TPSA) is 45.6 Å². The van der Waals surface area contributed by atoms with Crippen LogP contribution >= 0.6 is 0 Å². The van der Waals surface area contributed by atoms with Crippen LogP contribution in [0.25, 0.3) is 0 Å². The van der Waals surface area contributed by atoms with E-state index in [1.165, 1.54) is 0 Å². The van der Waals surface area contributed by atoms with E-state index in [0.29, 0.717) is 18.5 Å². The van der Waals surface area contributed by atoms with Gasteiger partial charge in [0.1, 0.15) is 6.54 Å². The molecule has 2 saturated carbocycles. The predicted octanol–water partition coefficient (Wildman–Crippen LogP) is 2.80. The molecule has 0 aliphatic heterocycles. The van der Waals surface area contributed by atoms with Gasteiger partial charge >= 0.3 is 0 Å². The highest BCUT2D eigenvalue weighted by Gasteiger charge is 2.39. The van der Waals surface area contributed by atoms with Crippen LogP contribution in [0.3, 0.4) is 0 Å². The molecule has 0 aromatic carbocycles. The van der Waals surface area contributed by atoms with E-state index < -0.39 is 0 Å². The highest BCUT2D eigenvalue weighted by atomic mass is 16.2. The average molecular weight is 345 g/mol. The van der Waals surface area contributed by atoms with Crippen molar-refractivity contribution in [2.24, 2.45) is 18.9 Å². The van der Waals surface area contributed by atoms with Crippen LogP contribution in [0.5, 0.6) is 0 Å². The summed E-state index contributed by atoms with van der Waals surface area (Å²) in [6.07, 6.45) is 7.24. The standard InChI is InChI=1S/C20H31N3O2/c1-15(2)12-22(13-18-8-5-11-21(18)3)19(24)14-23(17-9-10-17)20(25)16-6-4-7-16/h5,8,11,15-17H,4,6-7,9-10,12-14H2,1-3H3.